The van der Waals surface area contributed by atoms with Crippen molar-refractivity contribution in [2.24, 2.45) is 0 Å². The van der Waals surface area contributed by atoms with Crippen molar-refractivity contribution in [3.63, 3.8) is 0 Å². The molecule has 1 rings (SSSR count). The minimum Gasteiger partial charge on any atom is -0.397 e. The van der Waals surface area contributed by atoms with Crippen molar-refractivity contribution in [1.82, 2.24) is 4.90 Å². The van der Waals surface area contributed by atoms with E-state index in [1.807, 2.05) is 0 Å². The normalized spacial score (nSPS) is 9.80. The van der Waals surface area contributed by atoms with E-state index in [4.69, 9.17) is 17.3 Å². The van der Waals surface area contributed by atoms with Crippen LogP contribution in [0.15, 0.2) is 18.2 Å². The lowest BCUT2D eigenvalue weighted by atomic mass is 10.2. The fraction of sp³-hybridized carbons (Fsp3) is 0.300. The summed E-state index contributed by atoms with van der Waals surface area (Å²) in [6.07, 6.45) is 0. The van der Waals surface area contributed by atoms with E-state index in [1.165, 1.54) is 4.90 Å². The summed E-state index contributed by atoms with van der Waals surface area (Å²) in [5, 5.41) is 3.53. The van der Waals surface area contributed by atoms with E-state index >= 15 is 0 Å². The molecular formula is C10H14ClN3O. The van der Waals surface area contributed by atoms with Crippen molar-refractivity contribution in [2.75, 3.05) is 31.7 Å². The van der Waals surface area contributed by atoms with E-state index in [0.29, 0.717) is 10.7 Å². The van der Waals surface area contributed by atoms with E-state index in [0.717, 1.165) is 5.69 Å². The Morgan fingerprint density at radius 3 is 2.73 bits per heavy atom. The molecular weight excluding hydrogens is 214 g/mol. The van der Waals surface area contributed by atoms with Gasteiger partial charge in [0.15, 0.2) is 0 Å². The Morgan fingerprint density at radius 2 is 2.20 bits per heavy atom. The Kier molecular flexibility index (Phi) is 3.80. The van der Waals surface area contributed by atoms with Crippen LogP contribution in [0.1, 0.15) is 0 Å². The van der Waals surface area contributed by atoms with Gasteiger partial charge in [-0.1, -0.05) is 11.6 Å². The van der Waals surface area contributed by atoms with Gasteiger partial charge in [0.25, 0.3) is 0 Å². The zero-order valence-corrected chi connectivity index (χ0v) is 9.51. The fourth-order valence-electron chi connectivity index (χ4n) is 1.02. The molecule has 4 nitrogen and oxygen atoms in total. The third-order valence-corrected chi connectivity index (χ3v) is 2.18. The van der Waals surface area contributed by atoms with Gasteiger partial charge in [-0.05, 0) is 18.2 Å². The summed E-state index contributed by atoms with van der Waals surface area (Å²) in [5.41, 5.74) is 6.97. The molecule has 0 saturated heterocycles. The molecule has 0 atom stereocenters. The molecule has 1 amide bonds. The van der Waals surface area contributed by atoms with Crippen LogP contribution in [0.3, 0.4) is 0 Å². The number of nitrogen functional groups attached to an aromatic ring is 1. The van der Waals surface area contributed by atoms with Gasteiger partial charge in [0.1, 0.15) is 0 Å². The molecule has 82 valence electrons. The van der Waals surface area contributed by atoms with Gasteiger partial charge < -0.3 is 16.0 Å². The number of likely N-dealkylation sites (N-methyl/N-ethyl adjacent to an activating group) is 1. The van der Waals surface area contributed by atoms with Gasteiger partial charge >= 0.3 is 0 Å². The fourth-order valence-corrected chi connectivity index (χ4v) is 1.20. The van der Waals surface area contributed by atoms with Crippen molar-refractivity contribution in [3.05, 3.63) is 23.2 Å². The third kappa shape index (κ3) is 3.32. The lowest BCUT2D eigenvalue weighted by Gasteiger charge is -2.13. The SMILES string of the molecule is CN(C)C(=O)CNc1ccc(Cl)cc1N. The quantitative estimate of drug-likeness (QED) is 0.768. The van der Waals surface area contributed by atoms with Crippen LogP contribution in [0.2, 0.25) is 5.02 Å². The van der Waals surface area contributed by atoms with Crippen molar-refractivity contribution < 1.29 is 4.79 Å². The smallest absolute Gasteiger partial charge is 0.241 e. The molecule has 0 aromatic heterocycles. The molecule has 0 radical (unpaired) electrons. The van der Waals surface area contributed by atoms with Crippen LogP contribution < -0.4 is 11.1 Å². The van der Waals surface area contributed by atoms with Crippen LogP contribution >= 0.6 is 11.6 Å². The minimum absolute atomic E-state index is 0.00986. The first-order valence-corrected chi connectivity index (χ1v) is 4.87. The zero-order chi connectivity index (χ0) is 11.4. The molecule has 0 heterocycles. The van der Waals surface area contributed by atoms with E-state index in [9.17, 15) is 4.79 Å². The maximum absolute atomic E-state index is 11.3. The van der Waals surface area contributed by atoms with Crippen molar-refractivity contribution >= 4 is 28.9 Å². The molecule has 15 heavy (non-hydrogen) atoms. The summed E-state index contributed by atoms with van der Waals surface area (Å²) in [6, 6.07) is 5.12. The van der Waals surface area contributed by atoms with Crippen molar-refractivity contribution in [1.29, 1.82) is 0 Å². The Labute approximate surface area is 94.0 Å². The Morgan fingerprint density at radius 1 is 1.53 bits per heavy atom. The van der Waals surface area contributed by atoms with E-state index in [-0.39, 0.29) is 12.5 Å². The van der Waals surface area contributed by atoms with Crippen molar-refractivity contribution in [3.8, 4) is 0 Å². The number of nitrogens with one attached hydrogen (secondary N) is 1. The number of carbonyl (C=O) groups excluding carboxylic acids is 1. The highest BCUT2D eigenvalue weighted by Gasteiger charge is 2.05. The number of hydrogen-bond donors (Lipinski definition) is 2. The second-order valence-electron chi connectivity index (χ2n) is 3.37. The Hall–Kier alpha value is -1.42. The largest absolute Gasteiger partial charge is 0.397 e. The maximum atomic E-state index is 11.3. The summed E-state index contributed by atoms with van der Waals surface area (Å²) in [6.45, 7) is 0.221. The predicted molar refractivity (Wildman–Crippen MR) is 63.0 cm³/mol. The molecule has 0 spiro atoms. The monoisotopic (exact) mass is 227 g/mol. The van der Waals surface area contributed by atoms with Crippen LogP contribution in [0.25, 0.3) is 0 Å². The lowest BCUT2D eigenvalue weighted by molar-refractivity contribution is -0.126. The molecule has 3 N–H and O–H groups in total. The number of carbonyl (C=O) groups is 1. The van der Waals surface area contributed by atoms with Gasteiger partial charge in [0, 0.05) is 19.1 Å². The first-order chi connectivity index (χ1) is 7.00. The van der Waals surface area contributed by atoms with E-state index in [2.05, 4.69) is 5.32 Å². The van der Waals surface area contributed by atoms with Crippen molar-refractivity contribution in [2.45, 2.75) is 0 Å². The standard InChI is InChI=1S/C10H14ClN3O/c1-14(2)10(15)6-13-9-4-3-7(11)5-8(9)12/h3-5,13H,6,12H2,1-2H3. The first kappa shape index (κ1) is 11.7. The van der Waals surface area contributed by atoms with Gasteiger partial charge in [-0.25, -0.2) is 0 Å². The summed E-state index contributed by atoms with van der Waals surface area (Å²) in [7, 11) is 3.41. The summed E-state index contributed by atoms with van der Waals surface area (Å²) in [4.78, 5) is 12.8. The highest BCUT2D eigenvalue weighted by Crippen LogP contribution is 2.22. The first-order valence-electron chi connectivity index (χ1n) is 4.49. The van der Waals surface area contributed by atoms with Crippen LogP contribution in [-0.4, -0.2) is 31.4 Å². The number of nitrogens with zero attached hydrogens (tertiary/aromatic N) is 1. The Balaban J connectivity index is 2.62. The molecule has 0 aliphatic rings. The summed E-state index contributed by atoms with van der Waals surface area (Å²) < 4.78 is 0. The highest BCUT2D eigenvalue weighted by atomic mass is 35.5. The average Bonchev–Trinajstić information content (AvgIpc) is 2.15. The number of hydrogen-bond acceptors (Lipinski definition) is 3. The number of amides is 1. The molecule has 1 aromatic carbocycles. The molecule has 1 aromatic rings. The molecule has 0 fully saturated rings. The van der Waals surface area contributed by atoms with E-state index in [1.54, 1.807) is 32.3 Å². The van der Waals surface area contributed by atoms with Crippen LogP contribution in [-0.2, 0) is 4.79 Å². The highest BCUT2D eigenvalue weighted by molar-refractivity contribution is 6.31. The second kappa shape index (κ2) is 4.89. The summed E-state index contributed by atoms with van der Waals surface area (Å²) in [5.74, 6) is -0.00986. The molecule has 0 saturated carbocycles. The topological polar surface area (TPSA) is 58.4 Å². The molecule has 0 bridgehead atoms. The minimum atomic E-state index is -0.00986. The van der Waals surface area contributed by atoms with Crippen LogP contribution in [0.4, 0.5) is 11.4 Å². The van der Waals surface area contributed by atoms with Gasteiger partial charge in [0.05, 0.1) is 17.9 Å². The molecule has 0 aliphatic carbocycles. The van der Waals surface area contributed by atoms with Crippen LogP contribution in [0, 0.1) is 0 Å². The van der Waals surface area contributed by atoms with Gasteiger partial charge in [0.2, 0.25) is 5.91 Å². The summed E-state index contributed by atoms with van der Waals surface area (Å²) >= 11 is 5.75. The molecule has 0 unspecified atom stereocenters. The maximum Gasteiger partial charge on any atom is 0.241 e. The lowest BCUT2D eigenvalue weighted by Crippen LogP contribution is -2.28. The molecule has 5 heteroatoms. The van der Waals surface area contributed by atoms with Gasteiger partial charge in [-0.2, -0.15) is 0 Å². The molecule has 0 aliphatic heterocycles. The van der Waals surface area contributed by atoms with Gasteiger partial charge in [-0.15, -0.1) is 0 Å². The zero-order valence-electron chi connectivity index (χ0n) is 8.75. The number of halogens is 1. The van der Waals surface area contributed by atoms with Gasteiger partial charge in [-0.3, -0.25) is 4.79 Å². The van der Waals surface area contributed by atoms with E-state index < -0.39 is 0 Å². The predicted octanol–water partition coefficient (Wildman–Crippen LogP) is 1.42. The number of anilines is 2. The number of nitrogens with two attached hydrogens (primary N) is 1. The Bertz CT molecular complexity index is 366. The second-order valence-corrected chi connectivity index (χ2v) is 3.81. The third-order valence-electron chi connectivity index (χ3n) is 1.94. The number of rotatable bonds is 3. The average molecular weight is 228 g/mol. The number of benzene rings is 1. The van der Waals surface area contributed by atoms with Crippen LogP contribution in [0.5, 0.6) is 0 Å².